The highest BCUT2D eigenvalue weighted by molar-refractivity contribution is 4.69. The van der Waals surface area contributed by atoms with Crippen LogP contribution in [0.5, 0.6) is 0 Å². The average Bonchev–Trinajstić information content (AvgIpc) is 2.35. The van der Waals surface area contributed by atoms with Crippen molar-refractivity contribution in [2.75, 3.05) is 52.9 Å². The highest BCUT2D eigenvalue weighted by atomic mass is 16.5. The Bertz CT molecular complexity index is 182. The predicted octanol–water partition coefficient (Wildman–Crippen LogP) is 0.768. The summed E-state index contributed by atoms with van der Waals surface area (Å²) in [5.74, 6) is 0. The molecular formula is C13H29N3O. The zero-order valence-corrected chi connectivity index (χ0v) is 11.5. The van der Waals surface area contributed by atoms with Gasteiger partial charge in [0.25, 0.3) is 0 Å². The highest BCUT2D eigenvalue weighted by Gasteiger charge is 2.13. The number of likely N-dealkylation sites (N-methyl/N-ethyl adjacent to an activating group) is 1. The lowest BCUT2D eigenvalue weighted by Gasteiger charge is -2.32. The standard InChI is InChI=1S/C13H29N3O/c1-3-5-13(12-14)17-11-4-6-16-9-7-15(2)8-10-16/h13H,3-12,14H2,1-2H3. The molecular weight excluding hydrogens is 214 g/mol. The van der Waals surface area contributed by atoms with Crippen LogP contribution in [0.15, 0.2) is 0 Å². The summed E-state index contributed by atoms with van der Waals surface area (Å²) >= 11 is 0. The van der Waals surface area contributed by atoms with Gasteiger partial charge < -0.3 is 20.3 Å². The molecule has 1 fully saturated rings. The Morgan fingerprint density at radius 1 is 1.24 bits per heavy atom. The topological polar surface area (TPSA) is 41.7 Å². The van der Waals surface area contributed by atoms with Gasteiger partial charge in [0.05, 0.1) is 6.10 Å². The van der Waals surface area contributed by atoms with Crippen LogP contribution in [0.2, 0.25) is 0 Å². The van der Waals surface area contributed by atoms with E-state index >= 15 is 0 Å². The van der Waals surface area contributed by atoms with E-state index in [1.54, 1.807) is 0 Å². The molecule has 2 N–H and O–H groups in total. The summed E-state index contributed by atoms with van der Waals surface area (Å²) in [5.41, 5.74) is 5.66. The maximum Gasteiger partial charge on any atom is 0.0697 e. The second-order valence-electron chi connectivity index (χ2n) is 5.02. The number of ether oxygens (including phenoxy) is 1. The summed E-state index contributed by atoms with van der Waals surface area (Å²) < 4.78 is 5.78. The van der Waals surface area contributed by atoms with Gasteiger partial charge in [-0.25, -0.2) is 0 Å². The molecule has 1 aliphatic heterocycles. The minimum atomic E-state index is 0.271. The van der Waals surface area contributed by atoms with Crippen molar-refractivity contribution in [3.05, 3.63) is 0 Å². The Morgan fingerprint density at radius 3 is 2.53 bits per heavy atom. The molecule has 17 heavy (non-hydrogen) atoms. The van der Waals surface area contributed by atoms with E-state index in [2.05, 4.69) is 23.8 Å². The molecule has 0 saturated carbocycles. The lowest BCUT2D eigenvalue weighted by molar-refractivity contribution is 0.0435. The molecule has 0 radical (unpaired) electrons. The molecule has 1 saturated heterocycles. The van der Waals surface area contributed by atoms with Gasteiger partial charge in [-0.2, -0.15) is 0 Å². The van der Waals surface area contributed by atoms with Crippen molar-refractivity contribution in [3.8, 4) is 0 Å². The van der Waals surface area contributed by atoms with Crippen LogP contribution in [0, 0.1) is 0 Å². The fourth-order valence-corrected chi connectivity index (χ4v) is 2.20. The van der Waals surface area contributed by atoms with E-state index in [9.17, 15) is 0 Å². The Kier molecular flexibility index (Phi) is 7.77. The van der Waals surface area contributed by atoms with Gasteiger partial charge in [-0.1, -0.05) is 13.3 Å². The molecule has 102 valence electrons. The molecule has 0 spiro atoms. The predicted molar refractivity (Wildman–Crippen MR) is 72.3 cm³/mol. The molecule has 0 aliphatic carbocycles. The van der Waals surface area contributed by atoms with E-state index in [0.29, 0.717) is 6.54 Å². The van der Waals surface area contributed by atoms with Crippen LogP contribution in [-0.4, -0.2) is 68.8 Å². The van der Waals surface area contributed by atoms with Crippen molar-refractivity contribution in [2.24, 2.45) is 5.73 Å². The van der Waals surface area contributed by atoms with Gasteiger partial charge in [-0.05, 0) is 19.9 Å². The van der Waals surface area contributed by atoms with E-state index in [4.69, 9.17) is 10.5 Å². The van der Waals surface area contributed by atoms with Crippen molar-refractivity contribution >= 4 is 0 Å². The molecule has 1 atom stereocenters. The van der Waals surface area contributed by atoms with Crippen LogP contribution in [-0.2, 0) is 4.74 Å². The van der Waals surface area contributed by atoms with Crippen LogP contribution < -0.4 is 5.73 Å². The molecule has 1 heterocycles. The SMILES string of the molecule is CCCC(CN)OCCCN1CCN(C)CC1. The highest BCUT2D eigenvalue weighted by Crippen LogP contribution is 2.03. The van der Waals surface area contributed by atoms with Gasteiger partial charge in [0.15, 0.2) is 0 Å². The van der Waals surface area contributed by atoms with E-state index in [1.807, 2.05) is 0 Å². The third kappa shape index (κ3) is 6.36. The summed E-state index contributed by atoms with van der Waals surface area (Å²) in [6, 6.07) is 0. The maximum atomic E-state index is 5.78. The summed E-state index contributed by atoms with van der Waals surface area (Å²) in [5, 5.41) is 0. The zero-order chi connectivity index (χ0) is 12.5. The number of nitrogens with two attached hydrogens (primary N) is 1. The summed E-state index contributed by atoms with van der Waals surface area (Å²) in [7, 11) is 2.19. The summed E-state index contributed by atoms with van der Waals surface area (Å²) in [6.45, 7) is 9.64. The minimum Gasteiger partial charge on any atom is -0.377 e. The van der Waals surface area contributed by atoms with E-state index < -0.39 is 0 Å². The molecule has 1 aliphatic rings. The lowest BCUT2D eigenvalue weighted by atomic mass is 10.2. The number of piperazine rings is 1. The molecule has 1 rings (SSSR count). The van der Waals surface area contributed by atoms with Crippen LogP contribution >= 0.6 is 0 Å². The number of rotatable bonds is 8. The second kappa shape index (κ2) is 8.86. The molecule has 0 amide bonds. The smallest absolute Gasteiger partial charge is 0.0697 e. The number of hydrogen-bond acceptors (Lipinski definition) is 4. The lowest BCUT2D eigenvalue weighted by Crippen LogP contribution is -2.44. The monoisotopic (exact) mass is 243 g/mol. The molecule has 4 heteroatoms. The van der Waals surface area contributed by atoms with Gasteiger partial charge in [-0.15, -0.1) is 0 Å². The molecule has 0 aromatic carbocycles. The quantitative estimate of drug-likeness (QED) is 0.639. The van der Waals surface area contributed by atoms with Gasteiger partial charge in [0.2, 0.25) is 0 Å². The largest absolute Gasteiger partial charge is 0.377 e. The first-order valence-electron chi connectivity index (χ1n) is 6.98. The molecule has 0 bridgehead atoms. The summed E-state index contributed by atoms with van der Waals surface area (Å²) in [4.78, 5) is 4.92. The Labute approximate surface area is 106 Å². The number of hydrogen-bond donors (Lipinski definition) is 1. The van der Waals surface area contributed by atoms with E-state index in [0.717, 1.165) is 32.4 Å². The van der Waals surface area contributed by atoms with Crippen molar-refractivity contribution in [1.82, 2.24) is 9.80 Å². The van der Waals surface area contributed by atoms with Gasteiger partial charge >= 0.3 is 0 Å². The molecule has 0 aromatic rings. The Hall–Kier alpha value is -0.160. The van der Waals surface area contributed by atoms with Crippen molar-refractivity contribution in [2.45, 2.75) is 32.3 Å². The number of nitrogens with zero attached hydrogens (tertiary/aromatic N) is 2. The first-order chi connectivity index (χ1) is 8.26. The first-order valence-corrected chi connectivity index (χ1v) is 6.98. The van der Waals surface area contributed by atoms with Crippen LogP contribution in [0.25, 0.3) is 0 Å². The van der Waals surface area contributed by atoms with Crippen molar-refractivity contribution < 1.29 is 4.74 Å². The van der Waals surface area contributed by atoms with Crippen LogP contribution in [0.3, 0.4) is 0 Å². The zero-order valence-electron chi connectivity index (χ0n) is 11.5. The van der Waals surface area contributed by atoms with Crippen LogP contribution in [0.1, 0.15) is 26.2 Å². The van der Waals surface area contributed by atoms with E-state index in [-0.39, 0.29) is 6.10 Å². The van der Waals surface area contributed by atoms with Crippen molar-refractivity contribution in [1.29, 1.82) is 0 Å². The van der Waals surface area contributed by atoms with Gasteiger partial charge in [0, 0.05) is 45.9 Å². The Balaban J connectivity index is 1.99. The normalized spacial score (nSPS) is 20.6. The third-order valence-electron chi connectivity index (χ3n) is 3.44. The van der Waals surface area contributed by atoms with Crippen molar-refractivity contribution in [3.63, 3.8) is 0 Å². The fourth-order valence-electron chi connectivity index (χ4n) is 2.20. The Morgan fingerprint density at radius 2 is 1.94 bits per heavy atom. The van der Waals surface area contributed by atoms with Gasteiger partial charge in [0.1, 0.15) is 0 Å². The minimum absolute atomic E-state index is 0.271. The molecule has 4 nitrogen and oxygen atoms in total. The maximum absolute atomic E-state index is 5.78. The van der Waals surface area contributed by atoms with E-state index in [1.165, 1.54) is 26.2 Å². The average molecular weight is 243 g/mol. The second-order valence-corrected chi connectivity index (χ2v) is 5.02. The molecule has 0 aromatic heterocycles. The van der Waals surface area contributed by atoms with Gasteiger partial charge in [-0.3, -0.25) is 0 Å². The van der Waals surface area contributed by atoms with Crippen LogP contribution in [0.4, 0.5) is 0 Å². The fraction of sp³-hybridized carbons (Fsp3) is 1.00. The summed E-state index contributed by atoms with van der Waals surface area (Å²) in [6.07, 6.45) is 3.64. The first kappa shape index (κ1) is 14.9. The molecule has 1 unspecified atom stereocenters. The third-order valence-corrected chi connectivity index (χ3v) is 3.44.